The van der Waals surface area contributed by atoms with E-state index in [1.54, 1.807) is 24.3 Å². The van der Waals surface area contributed by atoms with E-state index in [1.807, 2.05) is 0 Å². The van der Waals surface area contributed by atoms with E-state index in [2.05, 4.69) is 23.5 Å². The molecule has 0 aliphatic carbocycles. The Bertz CT molecular complexity index is 2060. The first-order valence-electron chi connectivity index (χ1n) is 15.6. The molecular formula is C40H29F9O. The van der Waals surface area contributed by atoms with E-state index in [0.29, 0.717) is 23.3 Å². The number of hydrogen-bond acceptors (Lipinski definition) is 1. The number of ether oxygens (including phenoxy) is 1. The third-order valence-corrected chi connectivity index (χ3v) is 8.18. The normalized spacial score (nSPS) is 11.4. The molecular weight excluding hydrogens is 667 g/mol. The van der Waals surface area contributed by atoms with Gasteiger partial charge in [-0.3, -0.25) is 0 Å². The molecule has 10 heteroatoms. The van der Waals surface area contributed by atoms with Crippen LogP contribution in [0.4, 0.5) is 39.5 Å². The summed E-state index contributed by atoms with van der Waals surface area (Å²) in [6.45, 7) is 4.79. The molecule has 0 aliphatic rings. The summed E-state index contributed by atoms with van der Waals surface area (Å²) in [5.74, 6) is -5.33. The van der Waals surface area contributed by atoms with Gasteiger partial charge in [-0.1, -0.05) is 55.9 Å². The van der Waals surface area contributed by atoms with Gasteiger partial charge in [0.15, 0.2) is 0 Å². The Labute approximate surface area is 283 Å². The van der Waals surface area contributed by atoms with Gasteiger partial charge in [0.05, 0.1) is 5.56 Å². The smallest absolute Gasteiger partial charge is 0.429 e. The highest BCUT2D eigenvalue weighted by atomic mass is 19.3. The lowest BCUT2D eigenvalue weighted by atomic mass is 9.98. The maximum Gasteiger partial charge on any atom is 0.432 e. The van der Waals surface area contributed by atoms with Crippen LogP contribution in [-0.4, -0.2) is 0 Å². The molecule has 258 valence electrons. The van der Waals surface area contributed by atoms with Crippen molar-refractivity contribution in [2.24, 2.45) is 0 Å². The van der Waals surface area contributed by atoms with Crippen molar-refractivity contribution >= 4 is 0 Å². The van der Waals surface area contributed by atoms with Crippen molar-refractivity contribution in [3.63, 3.8) is 0 Å². The molecule has 0 amide bonds. The van der Waals surface area contributed by atoms with Crippen LogP contribution < -0.4 is 4.74 Å². The average Bonchev–Trinajstić information content (AvgIpc) is 3.04. The van der Waals surface area contributed by atoms with Crippen molar-refractivity contribution in [2.75, 3.05) is 0 Å². The number of rotatable bonds is 9. The minimum Gasteiger partial charge on any atom is -0.429 e. The van der Waals surface area contributed by atoms with E-state index in [4.69, 9.17) is 0 Å². The molecule has 5 aromatic rings. The molecule has 0 atom stereocenters. The minimum absolute atomic E-state index is 0.00220. The zero-order valence-corrected chi connectivity index (χ0v) is 27.1. The molecule has 0 unspecified atom stereocenters. The number of alkyl halides is 2. The van der Waals surface area contributed by atoms with Crippen molar-refractivity contribution in [2.45, 2.75) is 52.6 Å². The summed E-state index contributed by atoms with van der Waals surface area (Å²) in [5.41, 5.74) is -1.40. The van der Waals surface area contributed by atoms with E-state index >= 15 is 8.78 Å². The van der Waals surface area contributed by atoms with Crippen LogP contribution in [0.3, 0.4) is 0 Å². The molecule has 0 saturated carbocycles. The molecule has 0 aliphatic heterocycles. The Kier molecular flexibility index (Phi) is 10.7. The summed E-state index contributed by atoms with van der Waals surface area (Å²) < 4.78 is 137. The van der Waals surface area contributed by atoms with Crippen LogP contribution in [-0.2, 0) is 12.5 Å². The molecule has 50 heavy (non-hydrogen) atoms. The second kappa shape index (κ2) is 14.8. The summed E-state index contributed by atoms with van der Waals surface area (Å²) in [6, 6.07) is 13.1. The first-order valence-corrected chi connectivity index (χ1v) is 15.6. The number of aryl methyl sites for hydroxylation is 2. The molecule has 0 heterocycles. The number of benzene rings is 5. The quantitative estimate of drug-likeness (QED) is 0.0847. The lowest BCUT2D eigenvalue weighted by Crippen LogP contribution is -2.25. The van der Waals surface area contributed by atoms with Crippen LogP contribution in [0, 0.1) is 66.4 Å². The van der Waals surface area contributed by atoms with Gasteiger partial charge in [0, 0.05) is 28.8 Å². The highest BCUT2D eigenvalue weighted by Gasteiger charge is 2.41. The zero-order chi connectivity index (χ0) is 36.3. The summed E-state index contributed by atoms with van der Waals surface area (Å²) in [5, 5.41) is 0. The third kappa shape index (κ3) is 7.83. The Morgan fingerprint density at radius 1 is 0.600 bits per heavy atom. The molecule has 0 N–H and O–H groups in total. The molecule has 0 bridgehead atoms. The molecule has 1 nitrogen and oxygen atoms in total. The molecule has 0 saturated heterocycles. The van der Waals surface area contributed by atoms with E-state index in [1.165, 1.54) is 19.9 Å². The molecule has 0 aromatic heterocycles. The van der Waals surface area contributed by atoms with Crippen molar-refractivity contribution in [3.8, 4) is 39.8 Å². The summed E-state index contributed by atoms with van der Waals surface area (Å²) in [4.78, 5) is 0. The lowest BCUT2D eigenvalue weighted by molar-refractivity contribution is -0.189. The van der Waals surface area contributed by atoms with E-state index in [9.17, 15) is 30.7 Å². The summed E-state index contributed by atoms with van der Waals surface area (Å²) >= 11 is 0. The molecule has 5 rings (SSSR count). The summed E-state index contributed by atoms with van der Waals surface area (Å²) in [7, 11) is 0. The predicted octanol–water partition coefficient (Wildman–Crippen LogP) is 11.9. The fraction of sp³-hybridized carbons (Fsp3) is 0.200. The fourth-order valence-electron chi connectivity index (χ4n) is 5.36. The van der Waals surface area contributed by atoms with Gasteiger partial charge < -0.3 is 4.74 Å². The maximum atomic E-state index is 15.1. The zero-order valence-electron chi connectivity index (χ0n) is 27.1. The monoisotopic (exact) mass is 696 g/mol. The van der Waals surface area contributed by atoms with E-state index in [-0.39, 0.29) is 27.8 Å². The topological polar surface area (TPSA) is 9.23 Å². The molecule has 0 fully saturated rings. The first-order chi connectivity index (χ1) is 23.7. The van der Waals surface area contributed by atoms with Gasteiger partial charge in [0.1, 0.15) is 52.0 Å². The van der Waals surface area contributed by atoms with Gasteiger partial charge in [-0.05, 0) is 90.9 Å². The van der Waals surface area contributed by atoms with E-state index < -0.39 is 63.7 Å². The van der Waals surface area contributed by atoms with E-state index in [0.717, 1.165) is 61.6 Å². The fourth-order valence-corrected chi connectivity index (χ4v) is 5.36. The van der Waals surface area contributed by atoms with Crippen molar-refractivity contribution in [1.29, 1.82) is 0 Å². The van der Waals surface area contributed by atoms with Gasteiger partial charge in [-0.2, -0.15) is 8.78 Å². The van der Waals surface area contributed by atoms with Crippen LogP contribution in [0.5, 0.6) is 5.75 Å². The van der Waals surface area contributed by atoms with Gasteiger partial charge in [0.25, 0.3) is 0 Å². The lowest BCUT2D eigenvalue weighted by Gasteiger charge is -2.20. The third-order valence-electron chi connectivity index (χ3n) is 8.18. The molecule has 0 radical (unpaired) electrons. The SMILES string of the molecule is CCCCCc1ccc(-c2cc(F)c(C(F)(F)Oc3cc(F)c(C#Cc4cc(F)c(-c5cc(F)c(C)c(F)c5)cc4C)c(F)c3)c(F)c2)cc1. The maximum absolute atomic E-state index is 15.1. The van der Waals surface area contributed by atoms with Gasteiger partial charge in [-0.25, -0.2) is 30.7 Å². The Morgan fingerprint density at radius 3 is 1.76 bits per heavy atom. The second-order valence-corrected chi connectivity index (χ2v) is 11.8. The predicted molar refractivity (Wildman–Crippen MR) is 173 cm³/mol. The van der Waals surface area contributed by atoms with Gasteiger partial charge >= 0.3 is 6.11 Å². The number of unbranched alkanes of at least 4 members (excludes halogenated alkanes) is 2. The standard InChI is InChI=1S/C40H29F9O/c1-4-5-6-7-24-8-10-25(11-9-24)27-16-37(46)39(38(47)17-27)40(48,49)50-29-20-35(44)30(36(45)21-29)13-12-26-15-34(43)31(14-22(26)2)28-18-32(41)23(3)33(42)19-28/h8-11,14-21H,4-7H2,1-3H3. The van der Waals surface area contributed by atoms with Gasteiger partial charge in [0.2, 0.25) is 0 Å². The first kappa shape index (κ1) is 36.1. The van der Waals surface area contributed by atoms with Crippen LogP contribution in [0.1, 0.15) is 59.6 Å². The Balaban J connectivity index is 1.36. The van der Waals surface area contributed by atoms with Gasteiger partial charge in [-0.15, -0.1) is 0 Å². The minimum atomic E-state index is -4.68. The van der Waals surface area contributed by atoms with Crippen LogP contribution in [0.25, 0.3) is 22.3 Å². The number of halogens is 9. The molecule has 0 spiro atoms. The van der Waals surface area contributed by atoms with Crippen molar-refractivity contribution in [1.82, 2.24) is 0 Å². The highest BCUT2D eigenvalue weighted by Crippen LogP contribution is 2.38. The second-order valence-electron chi connectivity index (χ2n) is 11.8. The Hall–Kier alpha value is -5.17. The summed E-state index contributed by atoms with van der Waals surface area (Å²) in [6.07, 6.45) is -0.773. The number of hydrogen-bond donors (Lipinski definition) is 0. The Morgan fingerprint density at radius 2 is 1.18 bits per heavy atom. The highest BCUT2D eigenvalue weighted by molar-refractivity contribution is 5.68. The largest absolute Gasteiger partial charge is 0.432 e. The molecule has 5 aromatic carbocycles. The average molecular weight is 697 g/mol. The van der Waals surface area contributed by atoms with Crippen LogP contribution in [0.2, 0.25) is 0 Å². The van der Waals surface area contributed by atoms with Crippen molar-refractivity contribution in [3.05, 3.63) is 147 Å². The van der Waals surface area contributed by atoms with Crippen molar-refractivity contribution < 1.29 is 44.3 Å². The van der Waals surface area contributed by atoms with Crippen LogP contribution in [0.15, 0.2) is 72.8 Å². The van der Waals surface area contributed by atoms with Crippen LogP contribution >= 0.6 is 0 Å².